The molecule has 0 radical (unpaired) electrons. The molecule has 4 rings (SSSR count). The number of hydrogen-bond donors (Lipinski definition) is 2. The number of halogens is 2. The normalized spacial score (nSPS) is 14.4. The molecule has 0 saturated heterocycles. The fourth-order valence-electron chi connectivity index (χ4n) is 3.90. The van der Waals surface area contributed by atoms with Gasteiger partial charge in [0.05, 0.1) is 9.50 Å². The standard InChI is InChI=1S/C22H21BrClNO4/c23-18-9-16(28-12-21(26)27)10-19(24)22(18)29-15-5-6-20-17(8-15)14(11-25-20)7-13-3-1-2-4-13/h5-6,8-11,13,25H,1-4,7,12H2,(H,26,27). The zero-order valence-corrected chi connectivity index (χ0v) is 18.1. The van der Waals surface area contributed by atoms with Crippen molar-refractivity contribution in [3.63, 3.8) is 0 Å². The Balaban J connectivity index is 1.56. The zero-order chi connectivity index (χ0) is 20.4. The molecule has 0 spiro atoms. The molecular weight excluding hydrogens is 458 g/mol. The van der Waals surface area contributed by atoms with Gasteiger partial charge < -0.3 is 19.6 Å². The maximum absolute atomic E-state index is 10.7. The van der Waals surface area contributed by atoms with E-state index in [-0.39, 0.29) is 0 Å². The van der Waals surface area contributed by atoms with Gasteiger partial charge in [0.1, 0.15) is 11.5 Å². The van der Waals surface area contributed by atoms with E-state index in [9.17, 15) is 4.79 Å². The molecular formula is C22H21BrClNO4. The number of aliphatic carboxylic acids is 1. The molecule has 1 heterocycles. The highest BCUT2D eigenvalue weighted by Crippen LogP contribution is 2.40. The summed E-state index contributed by atoms with van der Waals surface area (Å²) in [5.41, 5.74) is 2.41. The highest BCUT2D eigenvalue weighted by Gasteiger charge is 2.18. The van der Waals surface area contributed by atoms with Crippen LogP contribution in [0.1, 0.15) is 31.2 Å². The van der Waals surface area contributed by atoms with Crippen molar-refractivity contribution in [2.75, 3.05) is 6.61 Å². The van der Waals surface area contributed by atoms with E-state index in [2.05, 4.69) is 27.1 Å². The maximum atomic E-state index is 10.7. The lowest BCUT2D eigenvalue weighted by Crippen LogP contribution is -2.09. The number of H-pyrrole nitrogens is 1. The quantitative estimate of drug-likeness (QED) is 0.403. The molecule has 0 atom stereocenters. The highest BCUT2D eigenvalue weighted by molar-refractivity contribution is 9.10. The van der Waals surface area contributed by atoms with E-state index >= 15 is 0 Å². The van der Waals surface area contributed by atoms with Crippen LogP contribution in [0.15, 0.2) is 41.0 Å². The first-order valence-electron chi connectivity index (χ1n) is 9.61. The molecule has 0 aliphatic heterocycles. The third kappa shape index (κ3) is 4.70. The second-order valence-electron chi connectivity index (χ2n) is 7.38. The van der Waals surface area contributed by atoms with E-state index in [0.717, 1.165) is 17.9 Å². The molecule has 2 aromatic carbocycles. The smallest absolute Gasteiger partial charge is 0.341 e. The molecule has 1 aliphatic rings. The molecule has 3 aromatic rings. The SMILES string of the molecule is O=C(O)COc1cc(Cl)c(Oc2ccc3[nH]cc(CC4CCCC4)c3c2)c(Br)c1. The van der Waals surface area contributed by atoms with Crippen LogP contribution in [0.5, 0.6) is 17.2 Å². The summed E-state index contributed by atoms with van der Waals surface area (Å²) in [6.45, 7) is -0.434. The van der Waals surface area contributed by atoms with Crippen LogP contribution in [0.2, 0.25) is 5.02 Å². The average molecular weight is 479 g/mol. The predicted molar refractivity (Wildman–Crippen MR) is 116 cm³/mol. The van der Waals surface area contributed by atoms with E-state index in [4.69, 9.17) is 26.2 Å². The van der Waals surface area contributed by atoms with Gasteiger partial charge in [0.25, 0.3) is 0 Å². The summed E-state index contributed by atoms with van der Waals surface area (Å²) in [7, 11) is 0. The Morgan fingerprint density at radius 2 is 2.00 bits per heavy atom. The number of aromatic amines is 1. The van der Waals surface area contributed by atoms with Crippen LogP contribution in [0.4, 0.5) is 0 Å². The number of hydrogen-bond acceptors (Lipinski definition) is 3. The molecule has 0 amide bonds. The molecule has 0 unspecified atom stereocenters. The van der Waals surface area contributed by atoms with E-state index in [0.29, 0.717) is 26.7 Å². The van der Waals surface area contributed by atoms with Gasteiger partial charge in [0.2, 0.25) is 0 Å². The minimum atomic E-state index is -1.05. The first-order valence-corrected chi connectivity index (χ1v) is 10.8. The van der Waals surface area contributed by atoms with Crippen LogP contribution in [-0.4, -0.2) is 22.7 Å². The molecule has 1 fully saturated rings. The van der Waals surface area contributed by atoms with Crippen LogP contribution in [-0.2, 0) is 11.2 Å². The van der Waals surface area contributed by atoms with Crippen molar-refractivity contribution in [2.24, 2.45) is 5.92 Å². The molecule has 152 valence electrons. The Bertz CT molecular complexity index is 1020. The molecule has 1 aliphatic carbocycles. The zero-order valence-electron chi connectivity index (χ0n) is 15.7. The summed E-state index contributed by atoms with van der Waals surface area (Å²) >= 11 is 9.79. The van der Waals surface area contributed by atoms with E-state index in [1.807, 2.05) is 18.2 Å². The fraction of sp³-hybridized carbons (Fsp3) is 0.318. The van der Waals surface area contributed by atoms with E-state index in [1.165, 1.54) is 36.6 Å². The lowest BCUT2D eigenvalue weighted by Gasteiger charge is -2.13. The van der Waals surface area contributed by atoms with Crippen LogP contribution in [0.25, 0.3) is 10.9 Å². The summed E-state index contributed by atoms with van der Waals surface area (Å²) in [6.07, 6.45) is 8.47. The summed E-state index contributed by atoms with van der Waals surface area (Å²) in [6, 6.07) is 9.13. The number of benzene rings is 2. The van der Waals surface area contributed by atoms with Crippen LogP contribution in [0, 0.1) is 5.92 Å². The topological polar surface area (TPSA) is 71.6 Å². The molecule has 1 aromatic heterocycles. The van der Waals surface area contributed by atoms with Gasteiger partial charge in [-0.25, -0.2) is 4.79 Å². The Hall–Kier alpha value is -2.18. The molecule has 0 bridgehead atoms. The van der Waals surface area contributed by atoms with E-state index in [1.54, 1.807) is 12.1 Å². The molecule has 7 heteroatoms. The summed E-state index contributed by atoms with van der Waals surface area (Å²) in [4.78, 5) is 14.0. The number of carboxylic acids is 1. The number of ether oxygens (including phenoxy) is 2. The van der Waals surface area contributed by atoms with E-state index < -0.39 is 12.6 Å². The average Bonchev–Trinajstić information content (AvgIpc) is 3.33. The van der Waals surface area contributed by atoms with Gasteiger partial charge in [-0.2, -0.15) is 0 Å². The van der Waals surface area contributed by atoms with Crippen LogP contribution < -0.4 is 9.47 Å². The maximum Gasteiger partial charge on any atom is 0.341 e. The lowest BCUT2D eigenvalue weighted by atomic mass is 9.98. The Morgan fingerprint density at radius 1 is 1.21 bits per heavy atom. The number of rotatable bonds is 7. The number of aromatic nitrogens is 1. The Labute approximate surface area is 182 Å². The number of carbonyl (C=O) groups is 1. The van der Waals surface area contributed by atoms with Gasteiger partial charge in [-0.15, -0.1) is 0 Å². The predicted octanol–water partition coefficient (Wildman–Crippen LogP) is 6.57. The second kappa shape index (κ2) is 8.67. The molecule has 5 nitrogen and oxygen atoms in total. The highest BCUT2D eigenvalue weighted by atomic mass is 79.9. The summed E-state index contributed by atoms with van der Waals surface area (Å²) in [5, 5.41) is 10.2. The molecule has 1 saturated carbocycles. The summed E-state index contributed by atoms with van der Waals surface area (Å²) in [5.74, 6) is 1.22. The van der Waals surface area contributed by atoms with Gasteiger partial charge in [-0.3, -0.25) is 0 Å². The number of carboxylic acid groups (broad SMARTS) is 1. The minimum Gasteiger partial charge on any atom is -0.482 e. The Kier molecular flexibility index (Phi) is 6.01. The van der Waals surface area contributed by atoms with Gasteiger partial charge >= 0.3 is 5.97 Å². The third-order valence-electron chi connectivity index (χ3n) is 5.28. The molecule has 29 heavy (non-hydrogen) atoms. The van der Waals surface area contributed by atoms with Gasteiger partial charge in [0.15, 0.2) is 12.4 Å². The summed E-state index contributed by atoms with van der Waals surface area (Å²) < 4.78 is 11.8. The van der Waals surface area contributed by atoms with Crippen molar-refractivity contribution in [3.05, 3.63) is 51.6 Å². The first-order chi connectivity index (χ1) is 14.0. The van der Waals surface area contributed by atoms with Crippen molar-refractivity contribution >= 4 is 44.4 Å². The van der Waals surface area contributed by atoms with Crippen LogP contribution in [0.3, 0.4) is 0 Å². The van der Waals surface area contributed by atoms with Gasteiger partial charge in [-0.05, 0) is 58.1 Å². The fourth-order valence-corrected chi connectivity index (χ4v) is 4.78. The molecule has 2 N–H and O–H groups in total. The van der Waals surface area contributed by atoms with Crippen molar-refractivity contribution < 1.29 is 19.4 Å². The largest absolute Gasteiger partial charge is 0.482 e. The van der Waals surface area contributed by atoms with Crippen molar-refractivity contribution in [1.29, 1.82) is 0 Å². The van der Waals surface area contributed by atoms with Crippen molar-refractivity contribution in [3.8, 4) is 17.2 Å². The number of nitrogens with one attached hydrogen (secondary N) is 1. The van der Waals surface area contributed by atoms with Gasteiger partial charge in [0, 0.05) is 23.2 Å². The van der Waals surface area contributed by atoms with Crippen LogP contribution >= 0.6 is 27.5 Å². The Morgan fingerprint density at radius 3 is 2.72 bits per heavy atom. The third-order valence-corrected chi connectivity index (χ3v) is 6.15. The monoisotopic (exact) mass is 477 g/mol. The first kappa shape index (κ1) is 20.1. The number of fused-ring (bicyclic) bond motifs is 1. The second-order valence-corrected chi connectivity index (χ2v) is 8.64. The van der Waals surface area contributed by atoms with Crippen molar-refractivity contribution in [1.82, 2.24) is 4.98 Å². The van der Waals surface area contributed by atoms with Gasteiger partial charge in [-0.1, -0.05) is 37.3 Å². The van der Waals surface area contributed by atoms with Crippen molar-refractivity contribution in [2.45, 2.75) is 32.1 Å². The lowest BCUT2D eigenvalue weighted by molar-refractivity contribution is -0.139. The minimum absolute atomic E-state index is 0.333.